The van der Waals surface area contributed by atoms with Gasteiger partial charge >= 0.3 is 0 Å². The van der Waals surface area contributed by atoms with E-state index in [2.05, 4.69) is 35.2 Å². The van der Waals surface area contributed by atoms with E-state index in [0.29, 0.717) is 6.54 Å². The Hall–Kier alpha value is -2.99. The summed E-state index contributed by atoms with van der Waals surface area (Å²) in [5.41, 5.74) is 4.83. The smallest absolute Gasteiger partial charge is 0.154 e. The molecule has 0 saturated carbocycles. The monoisotopic (exact) mass is 421 g/mol. The van der Waals surface area contributed by atoms with Gasteiger partial charge in [0.15, 0.2) is 5.82 Å². The van der Waals surface area contributed by atoms with Crippen LogP contribution in [-0.4, -0.2) is 31.1 Å². The number of hydrogen-bond donors (Lipinski definition) is 0. The zero-order chi connectivity index (χ0) is 21.8. The van der Waals surface area contributed by atoms with Crippen LogP contribution in [0.15, 0.2) is 48.5 Å². The largest absolute Gasteiger partial charge is 0.497 e. The second-order valence-electron chi connectivity index (χ2n) is 7.95. The summed E-state index contributed by atoms with van der Waals surface area (Å²) < 4.78 is 18.8. The van der Waals surface area contributed by atoms with E-state index in [0.717, 1.165) is 48.7 Å². The van der Waals surface area contributed by atoms with Crippen LogP contribution in [0.2, 0.25) is 0 Å². The maximum atomic E-state index is 5.78. The number of methoxy groups -OCH3 is 3. The lowest BCUT2D eigenvalue weighted by atomic mass is 9.94. The molecule has 1 aliphatic carbocycles. The van der Waals surface area contributed by atoms with Crippen LogP contribution in [0.1, 0.15) is 41.3 Å². The molecule has 0 saturated heterocycles. The molecule has 1 heterocycles. The molecule has 1 aliphatic rings. The van der Waals surface area contributed by atoms with E-state index in [1.165, 1.54) is 16.8 Å². The molecule has 164 valence electrons. The molecule has 6 heteroatoms. The number of anilines is 1. The number of aryl methyl sites for hydroxylation is 1. The minimum absolute atomic E-state index is 0.101. The van der Waals surface area contributed by atoms with Crippen molar-refractivity contribution in [2.45, 2.75) is 38.5 Å². The van der Waals surface area contributed by atoms with E-state index in [-0.39, 0.29) is 6.10 Å². The summed E-state index contributed by atoms with van der Waals surface area (Å²) in [6.07, 6.45) is 3.26. The number of aromatic nitrogens is 2. The van der Waals surface area contributed by atoms with Crippen molar-refractivity contribution in [2.24, 2.45) is 7.05 Å². The number of fused-ring (bicyclic) bond motifs is 1. The average molecular weight is 422 g/mol. The van der Waals surface area contributed by atoms with E-state index >= 15 is 0 Å². The highest BCUT2D eigenvalue weighted by Crippen LogP contribution is 2.38. The molecule has 0 amide bonds. The first-order valence-electron chi connectivity index (χ1n) is 10.7. The maximum Gasteiger partial charge on any atom is 0.154 e. The first-order valence-corrected chi connectivity index (χ1v) is 10.7. The van der Waals surface area contributed by atoms with E-state index < -0.39 is 0 Å². The van der Waals surface area contributed by atoms with Crippen molar-refractivity contribution in [3.8, 4) is 11.5 Å². The molecule has 0 fully saturated rings. The van der Waals surface area contributed by atoms with Crippen LogP contribution in [0.3, 0.4) is 0 Å². The van der Waals surface area contributed by atoms with Crippen molar-refractivity contribution in [3.63, 3.8) is 0 Å². The molecule has 0 bridgehead atoms. The van der Waals surface area contributed by atoms with Crippen molar-refractivity contribution in [1.82, 2.24) is 9.78 Å². The number of nitrogens with zero attached hydrogens (tertiary/aromatic N) is 3. The molecular formula is C25H31N3O3. The first kappa shape index (κ1) is 21.2. The minimum atomic E-state index is 0.101. The van der Waals surface area contributed by atoms with Gasteiger partial charge in [-0.15, -0.1) is 0 Å². The summed E-state index contributed by atoms with van der Waals surface area (Å²) in [4.78, 5) is 2.34. The summed E-state index contributed by atoms with van der Waals surface area (Å²) in [7, 11) is 7.18. The fourth-order valence-electron chi connectivity index (χ4n) is 4.49. The van der Waals surface area contributed by atoms with Crippen molar-refractivity contribution in [2.75, 3.05) is 26.2 Å². The van der Waals surface area contributed by atoms with Crippen LogP contribution in [-0.2, 0) is 31.3 Å². The molecule has 0 N–H and O–H groups in total. The molecule has 0 spiro atoms. The molecule has 6 nitrogen and oxygen atoms in total. The average Bonchev–Trinajstić information content (AvgIpc) is 3.16. The van der Waals surface area contributed by atoms with Gasteiger partial charge in [0.1, 0.15) is 11.5 Å². The van der Waals surface area contributed by atoms with Gasteiger partial charge in [0.25, 0.3) is 0 Å². The van der Waals surface area contributed by atoms with Gasteiger partial charge in [-0.05, 0) is 37.0 Å². The molecular weight excluding hydrogens is 390 g/mol. The lowest BCUT2D eigenvalue weighted by molar-refractivity contribution is 0.0812. The van der Waals surface area contributed by atoms with Crippen molar-refractivity contribution >= 4 is 5.82 Å². The van der Waals surface area contributed by atoms with Crippen LogP contribution < -0.4 is 14.4 Å². The van der Waals surface area contributed by atoms with Crippen LogP contribution >= 0.6 is 0 Å². The molecule has 31 heavy (non-hydrogen) atoms. The van der Waals surface area contributed by atoms with E-state index in [4.69, 9.17) is 19.3 Å². The van der Waals surface area contributed by atoms with Gasteiger partial charge in [-0.25, -0.2) is 0 Å². The van der Waals surface area contributed by atoms with Gasteiger partial charge in [0, 0.05) is 44.4 Å². The van der Waals surface area contributed by atoms with E-state index in [9.17, 15) is 0 Å². The Morgan fingerprint density at radius 3 is 2.55 bits per heavy atom. The minimum Gasteiger partial charge on any atom is -0.497 e. The highest BCUT2D eigenvalue weighted by molar-refractivity contribution is 5.53. The summed E-state index contributed by atoms with van der Waals surface area (Å²) in [5, 5.41) is 4.97. The summed E-state index contributed by atoms with van der Waals surface area (Å²) in [6.45, 7) is 1.44. The Morgan fingerprint density at radius 1 is 1.03 bits per heavy atom. The normalized spacial score (nSPS) is 15.4. The van der Waals surface area contributed by atoms with Crippen molar-refractivity contribution in [3.05, 3.63) is 70.9 Å². The Morgan fingerprint density at radius 2 is 1.84 bits per heavy atom. The van der Waals surface area contributed by atoms with Crippen LogP contribution in [0, 0.1) is 0 Å². The van der Waals surface area contributed by atoms with Gasteiger partial charge in [0.2, 0.25) is 0 Å². The number of hydrogen-bond acceptors (Lipinski definition) is 5. The molecule has 3 aromatic rings. The lowest BCUT2D eigenvalue weighted by Gasteiger charge is -2.27. The Labute approximate surface area is 184 Å². The maximum absolute atomic E-state index is 5.78. The van der Waals surface area contributed by atoms with Crippen molar-refractivity contribution in [1.29, 1.82) is 0 Å². The highest BCUT2D eigenvalue weighted by atomic mass is 16.5. The third-order valence-corrected chi connectivity index (χ3v) is 6.03. The standard InChI is InChI=1S/C25H31N3O3/c1-27-24-21(11-8-12-22(24)30-3)25(26-27)28(16-18-9-6-5-7-10-18)17-19-13-14-20(29-2)15-23(19)31-4/h5-7,9-10,13-15,22H,8,11-12,16-17H2,1-4H3/t22-/m1/s1. The SMILES string of the molecule is COc1ccc(CN(Cc2ccccc2)c2nn(C)c3c2CCC[C@H]3OC)c(OC)c1. The second-order valence-corrected chi connectivity index (χ2v) is 7.95. The van der Waals surface area contributed by atoms with Crippen LogP contribution in [0.4, 0.5) is 5.82 Å². The summed E-state index contributed by atoms with van der Waals surface area (Å²) >= 11 is 0. The zero-order valence-corrected chi connectivity index (χ0v) is 18.8. The first-order chi connectivity index (χ1) is 15.1. The molecule has 2 aromatic carbocycles. The van der Waals surface area contributed by atoms with Crippen LogP contribution in [0.5, 0.6) is 11.5 Å². The van der Waals surface area contributed by atoms with Crippen LogP contribution in [0.25, 0.3) is 0 Å². The summed E-state index contributed by atoms with van der Waals surface area (Å²) in [6, 6.07) is 16.5. The second kappa shape index (κ2) is 9.43. The highest BCUT2D eigenvalue weighted by Gasteiger charge is 2.30. The van der Waals surface area contributed by atoms with Gasteiger partial charge in [-0.1, -0.05) is 30.3 Å². The fraction of sp³-hybridized carbons (Fsp3) is 0.400. The molecule has 1 atom stereocenters. The third kappa shape index (κ3) is 4.39. The molecule has 0 aliphatic heterocycles. The Bertz CT molecular complexity index is 1020. The van der Waals surface area contributed by atoms with Gasteiger partial charge in [0.05, 0.1) is 26.0 Å². The fourth-order valence-corrected chi connectivity index (χ4v) is 4.49. The predicted molar refractivity (Wildman–Crippen MR) is 122 cm³/mol. The Balaban J connectivity index is 1.74. The summed E-state index contributed by atoms with van der Waals surface area (Å²) in [5.74, 6) is 2.63. The number of ether oxygens (including phenoxy) is 3. The van der Waals surface area contributed by atoms with Gasteiger partial charge in [-0.2, -0.15) is 5.10 Å². The van der Waals surface area contributed by atoms with Crippen molar-refractivity contribution < 1.29 is 14.2 Å². The quantitative estimate of drug-likeness (QED) is 0.529. The Kier molecular flexibility index (Phi) is 6.47. The van der Waals surface area contributed by atoms with Gasteiger partial charge < -0.3 is 19.1 Å². The number of benzene rings is 2. The van der Waals surface area contributed by atoms with E-state index in [1.54, 1.807) is 21.3 Å². The zero-order valence-electron chi connectivity index (χ0n) is 18.8. The lowest BCUT2D eigenvalue weighted by Crippen LogP contribution is -2.24. The predicted octanol–water partition coefficient (Wildman–Crippen LogP) is 4.67. The molecule has 0 unspecified atom stereocenters. The molecule has 1 aromatic heterocycles. The van der Waals surface area contributed by atoms with Gasteiger partial charge in [-0.3, -0.25) is 4.68 Å². The third-order valence-electron chi connectivity index (χ3n) is 6.03. The molecule has 4 rings (SSSR count). The molecule has 0 radical (unpaired) electrons. The topological polar surface area (TPSA) is 48.8 Å². The number of rotatable bonds is 8. The van der Waals surface area contributed by atoms with E-state index in [1.807, 2.05) is 29.9 Å².